The average Bonchev–Trinajstić information content (AvgIpc) is 2.41. The Kier molecular flexibility index (Phi) is 4.05. The van der Waals surface area contributed by atoms with Gasteiger partial charge in [0.25, 0.3) is 5.91 Å². The Bertz CT molecular complexity index is 497. The lowest BCUT2D eigenvalue weighted by molar-refractivity contribution is 0.0929. The molecule has 0 aromatic carbocycles. The molecule has 0 spiro atoms. The first-order valence-corrected chi connectivity index (χ1v) is 7.20. The first kappa shape index (κ1) is 12.7. The van der Waals surface area contributed by atoms with Crippen LogP contribution in [0.25, 0.3) is 0 Å². The number of rotatable bonds is 2. The van der Waals surface area contributed by atoms with Crippen molar-refractivity contribution < 1.29 is 9.00 Å². The second-order valence-electron chi connectivity index (χ2n) is 4.14. The molecule has 1 saturated heterocycles. The number of carbonyl (C=O) groups excluding carboxylic acids is 1. The van der Waals surface area contributed by atoms with Crippen molar-refractivity contribution in [2.75, 3.05) is 11.5 Å². The quantitative estimate of drug-likeness (QED) is 0.846. The fourth-order valence-corrected chi connectivity index (χ4v) is 3.09. The number of nitrogens with one attached hydrogen (secondary N) is 1. The van der Waals surface area contributed by atoms with Gasteiger partial charge in [0, 0.05) is 34.5 Å². The second kappa shape index (κ2) is 5.74. The number of carbonyl (C=O) groups is 1. The van der Waals surface area contributed by atoms with Crippen molar-refractivity contribution >= 4 is 16.7 Å². The van der Waals surface area contributed by atoms with Crippen molar-refractivity contribution in [1.82, 2.24) is 10.3 Å². The highest BCUT2D eigenvalue weighted by Gasteiger charge is 2.20. The van der Waals surface area contributed by atoms with Crippen LogP contribution in [0.1, 0.15) is 28.9 Å². The summed E-state index contributed by atoms with van der Waals surface area (Å²) in [6.45, 7) is 0. The number of aromatic nitrogens is 1. The molecular formula is C12H13N3O2S. The van der Waals surface area contributed by atoms with Gasteiger partial charge in [-0.15, -0.1) is 0 Å². The fourth-order valence-electron chi connectivity index (χ4n) is 1.79. The molecule has 0 radical (unpaired) electrons. The molecule has 1 aliphatic heterocycles. The Hall–Kier alpha value is -1.74. The van der Waals surface area contributed by atoms with E-state index in [1.165, 1.54) is 12.3 Å². The predicted octanol–water partition coefficient (Wildman–Crippen LogP) is 0.594. The van der Waals surface area contributed by atoms with E-state index in [2.05, 4.69) is 10.3 Å². The third-order valence-electron chi connectivity index (χ3n) is 2.85. The number of hydrogen-bond acceptors (Lipinski definition) is 4. The number of amides is 1. The summed E-state index contributed by atoms with van der Waals surface area (Å²) in [5.41, 5.74) is 0.736. The Balaban J connectivity index is 1.95. The summed E-state index contributed by atoms with van der Waals surface area (Å²) < 4.78 is 11.2. The lowest BCUT2D eigenvalue weighted by Crippen LogP contribution is -2.39. The van der Waals surface area contributed by atoms with Crippen molar-refractivity contribution in [2.45, 2.75) is 18.9 Å². The van der Waals surface area contributed by atoms with Gasteiger partial charge in [-0.25, -0.2) is 4.98 Å². The Labute approximate surface area is 108 Å². The van der Waals surface area contributed by atoms with E-state index in [4.69, 9.17) is 5.26 Å². The normalized spacial score (nSPS) is 23.1. The number of pyridine rings is 1. The van der Waals surface area contributed by atoms with E-state index >= 15 is 0 Å². The third-order valence-corrected chi connectivity index (χ3v) is 4.23. The van der Waals surface area contributed by atoms with Crippen LogP contribution in [0.2, 0.25) is 0 Å². The van der Waals surface area contributed by atoms with Gasteiger partial charge in [0.05, 0.1) is 5.56 Å². The Morgan fingerprint density at radius 1 is 1.44 bits per heavy atom. The molecule has 6 heteroatoms. The van der Waals surface area contributed by atoms with Gasteiger partial charge in [0.1, 0.15) is 11.8 Å². The van der Waals surface area contributed by atoms with E-state index < -0.39 is 10.8 Å². The molecular weight excluding hydrogens is 250 g/mol. The second-order valence-corrected chi connectivity index (χ2v) is 5.84. The van der Waals surface area contributed by atoms with Gasteiger partial charge >= 0.3 is 0 Å². The molecule has 94 valence electrons. The minimum absolute atomic E-state index is 0.0765. The van der Waals surface area contributed by atoms with Gasteiger partial charge in [-0.3, -0.25) is 9.00 Å². The molecule has 1 aromatic rings. The summed E-state index contributed by atoms with van der Waals surface area (Å²) in [5, 5.41) is 11.5. The van der Waals surface area contributed by atoms with Crippen LogP contribution in [0.15, 0.2) is 18.3 Å². The lowest BCUT2D eigenvalue weighted by atomic mass is 10.1. The SMILES string of the molecule is N#Cc1ccc(C(=O)NC2CCS(=O)CC2)nc1. The number of hydrogen-bond donors (Lipinski definition) is 1. The highest BCUT2D eigenvalue weighted by molar-refractivity contribution is 7.85. The van der Waals surface area contributed by atoms with Crippen LogP contribution in [-0.4, -0.2) is 32.6 Å². The summed E-state index contributed by atoms with van der Waals surface area (Å²) in [7, 11) is -0.728. The maximum Gasteiger partial charge on any atom is 0.270 e. The molecule has 0 atom stereocenters. The standard InChI is InChI=1S/C12H13N3O2S/c13-7-9-1-2-11(14-8-9)12(16)15-10-3-5-18(17)6-4-10/h1-2,8,10H,3-6H2,(H,15,16). The van der Waals surface area contributed by atoms with Gasteiger partial charge < -0.3 is 5.32 Å². The molecule has 1 aliphatic rings. The van der Waals surface area contributed by atoms with Crippen LogP contribution in [0.4, 0.5) is 0 Å². The van der Waals surface area contributed by atoms with E-state index in [9.17, 15) is 9.00 Å². The summed E-state index contributed by atoms with van der Waals surface area (Å²) in [6, 6.07) is 5.13. The molecule has 1 N–H and O–H groups in total. The molecule has 1 amide bonds. The first-order valence-electron chi connectivity index (χ1n) is 5.71. The van der Waals surface area contributed by atoms with Crippen molar-refractivity contribution in [3.63, 3.8) is 0 Å². The van der Waals surface area contributed by atoms with Crippen LogP contribution < -0.4 is 5.32 Å². The molecule has 2 heterocycles. The summed E-state index contributed by atoms with van der Waals surface area (Å²) in [6.07, 6.45) is 2.87. The van der Waals surface area contributed by atoms with Crippen molar-refractivity contribution in [3.8, 4) is 6.07 Å². The molecule has 5 nitrogen and oxygen atoms in total. The maximum absolute atomic E-state index is 11.9. The smallest absolute Gasteiger partial charge is 0.270 e. The highest BCUT2D eigenvalue weighted by Crippen LogP contribution is 2.10. The zero-order chi connectivity index (χ0) is 13.0. The monoisotopic (exact) mass is 263 g/mol. The molecule has 0 bridgehead atoms. The van der Waals surface area contributed by atoms with Gasteiger partial charge in [0.2, 0.25) is 0 Å². The molecule has 18 heavy (non-hydrogen) atoms. The average molecular weight is 263 g/mol. The van der Waals surface area contributed by atoms with Crippen LogP contribution >= 0.6 is 0 Å². The summed E-state index contributed by atoms with van der Waals surface area (Å²) in [4.78, 5) is 15.8. The van der Waals surface area contributed by atoms with E-state index in [1.807, 2.05) is 6.07 Å². The minimum Gasteiger partial charge on any atom is -0.348 e. The van der Waals surface area contributed by atoms with Crippen LogP contribution in [0, 0.1) is 11.3 Å². The van der Waals surface area contributed by atoms with Gasteiger partial charge in [-0.1, -0.05) is 0 Å². The van der Waals surface area contributed by atoms with Gasteiger partial charge in [-0.05, 0) is 25.0 Å². The Morgan fingerprint density at radius 3 is 2.72 bits per heavy atom. The van der Waals surface area contributed by atoms with Crippen LogP contribution in [-0.2, 0) is 10.8 Å². The topological polar surface area (TPSA) is 82.9 Å². The highest BCUT2D eigenvalue weighted by atomic mass is 32.2. The molecule has 1 aromatic heterocycles. The summed E-state index contributed by atoms with van der Waals surface area (Å²) in [5.74, 6) is 1.05. The fraction of sp³-hybridized carbons (Fsp3) is 0.417. The van der Waals surface area contributed by atoms with Crippen molar-refractivity contribution in [2.24, 2.45) is 0 Å². The largest absolute Gasteiger partial charge is 0.348 e. The van der Waals surface area contributed by atoms with Crippen LogP contribution in [0.3, 0.4) is 0 Å². The third kappa shape index (κ3) is 3.14. The molecule has 1 fully saturated rings. The van der Waals surface area contributed by atoms with Crippen molar-refractivity contribution in [3.05, 3.63) is 29.6 Å². The zero-order valence-corrected chi connectivity index (χ0v) is 10.6. The van der Waals surface area contributed by atoms with E-state index in [0.29, 0.717) is 22.8 Å². The lowest BCUT2D eigenvalue weighted by Gasteiger charge is -2.22. The summed E-state index contributed by atoms with van der Waals surface area (Å²) >= 11 is 0. The van der Waals surface area contributed by atoms with Crippen molar-refractivity contribution in [1.29, 1.82) is 5.26 Å². The van der Waals surface area contributed by atoms with E-state index in [-0.39, 0.29) is 11.9 Å². The molecule has 0 aliphatic carbocycles. The van der Waals surface area contributed by atoms with E-state index in [1.54, 1.807) is 6.07 Å². The first-order chi connectivity index (χ1) is 8.69. The molecule has 2 rings (SSSR count). The maximum atomic E-state index is 11.9. The van der Waals surface area contributed by atoms with Crippen LogP contribution in [0.5, 0.6) is 0 Å². The molecule has 0 saturated carbocycles. The van der Waals surface area contributed by atoms with E-state index in [0.717, 1.165) is 12.8 Å². The predicted molar refractivity (Wildman–Crippen MR) is 67.3 cm³/mol. The minimum atomic E-state index is -0.728. The number of nitriles is 1. The van der Waals surface area contributed by atoms with Gasteiger partial charge in [-0.2, -0.15) is 5.26 Å². The van der Waals surface area contributed by atoms with Gasteiger partial charge in [0.15, 0.2) is 0 Å². The molecule has 0 unspecified atom stereocenters. The Morgan fingerprint density at radius 2 is 2.17 bits per heavy atom. The number of nitrogens with zero attached hydrogens (tertiary/aromatic N) is 2. The zero-order valence-electron chi connectivity index (χ0n) is 9.76.